The van der Waals surface area contributed by atoms with Crippen LogP contribution in [-0.4, -0.2) is 25.1 Å². The van der Waals surface area contributed by atoms with Gasteiger partial charge in [0.25, 0.3) is 0 Å². The average molecular weight is 254 g/mol. The fourth-order valence-corrected chi connectivity index (χ4v) is 2.19. The van der Waals surface area contributed by atoms with Crippen molar-refractivity contribution in [1.29, 1.82) is 0 Å². The molecule has 0 unspecified atom stereocenters. The van der Waals surface area contributed by atoms with Crippen molar-refractivity contribution >= 4 is 16.8 Å². The monoisotopic (exact) mass is 254 g/mol. The Balaban J connectivity index is 1.91. The molecule has 0 saturated carbocycles. The molecule has 0 radical (unpaired) electrons. The van der Waals surface area contributed by atoms with E-state index in [2.05, 4.69) is 10.1 Å². The molecule has 2 heterocycles. The second-order valence-electron chi connectivity index (χ2n) is 4.32. The first-order chi connectivity index (χ1) is 9.29. The molecule has 0 N–H and O–H groups in total. The summed E-state index contributed by atoms with van der Waals surface area (Å²) >= 11 is 0. The summed E-state index contributed by atoms with van der Waals surface area (Å²) in [6.07, 6.45) is 3.36. The quantitative estimate of drug-likeness (QED) is 0.670. The standard InChI is InChI=1S/C14H14N4O/c1-2-18-13(7-8-16-18)14(19)9-17-10-15-11-5-3-4-6-12(11)17/h3-8,10H,2,9H2,1H3. The minimum Gasteiger partial charge on any atom is -0.323 e. The predicted octanol–water partition coefficient (Wildman–Crippen LogP) is 2.14. The van der Waals surface area contributed by atoms with E-state index in [1.54, 1.807) is 23.3 Å². The number of nitrogens with zero attached hydrogens (tertiary/aromatic N) is 4. The molecule has 0 atom stereocenters. The molecule has 5 heteroatoms. The van der Waals surface area contributed by atoms with Crippen molar-refractivity contribution in [3.05, 3.63) is 48.5 Å². The lowest BCUT2D eigenvalue weighted by Gasteiger charge is -2.05. The lowest BCUT2D eigenvalue weighted by Crippen LogP contribution is -2.15. The van der Waals surface area contributed by atoms with E-state index in [1.165, 1.54) is 0 Å². The van der Waals surface area contributed by atoms with Gasteiger partial charge in [-0.2, -0.15) is 5.10 Å². The van der Waals surface area contributed by atoms with Crippen LogP contribution in [0.15, 0.2) is 42.9 Å². The van der Waals surface area contributed by atoms with Gasteiger partial charge in [-0.3, -0.25) is 9.48 Å². The smallest absolute Gasteiger partial charge is 0.200 e. The van der Waals surface area contributed by atoms with Crippen LogP contribution in [0.5, 0.6) is 0 Å². The molecule has 0 aliphatic rings. The van der Waals surface area contributed by atoms with Gasteiger partial charge >= 0.3 is 0 Å². The number of aryl methyl sites for hydroxylation is 1. The van der Waals surface area contributed by atoms with Crippen LogP contribution >= 0.6 is 0 Å². The highest BCUT2D eigenvalue weighted by atomic mass is 16.1. The molecule has 0 bridgehead atoms. The highest BCUT2D eigenvalue weighted by Gasteiger charge is 2.13. The Morgan fingerprint density at radius 2 is 2.11 bits per heavy atom. The summed E-state index contributed by atoms with van der Waals surface area (Å²) < 4.78 is 3.58. The van der Waals surface area contributed by atoms with E-state index in [9.17, 15) is 4.79 Å². The Hall–Kier alpha value is -2.43. The van der Waals surface area contributed by atoms with Gasteiger partial charge in [0.05, 0.1) is 23.9 Å². The molecule has 1 aromatic carbocycles. The minimum atomic E-state index is 0.0440. The summed E-state index contributed by atoms with van der Waals surface area (Å²) in [7, 11) is 0. The molecule has 0 amide bonds. The van der Waals surface area contributed by atoms with Crippen molar-refractivity contribution < 1.29 is 4.79 Å². The van der Waals surface area contributed by atoms with Crippen LogP contribution in [0.1, 0.15) is 17.4 Å². The van der Waals surface area contributed by atoms with Gasteiger partial charge in [0.2, 0.25) is 5.78 Å². The number of imidazole rings is 1. The van der Waals surface area contributed by atoms with Crippen LogP contribution in [0, 0.1) is 0 Å². The topological polar surface area (TPSA) is 52.7 Å². The third-order valence-electron chi connectivity index (χ3n) is 3.14. The third-order valence-corrected chi connectivity index (χ3v) is 3.14. The number of fused-ring (bicyclic) bond motifs is 1. The second-order valence-corrected chi connectivity index (χ2v) is 4.32. The van der Waals surface area contributed by atoms with E-state index in [1.807, 2.05) is 35.8 Å². The maximum absolute atomic E-state index is 12.3. The molecule has 96 valence electrons. The first-order valence-electron chi connectivity index (χ1n) is 6.24. The van der Waals surface area contributed by atoms with Gasteiger partial charge in [-0.05, 0) is 25.1 Å². The highest BCUT2D eigenvalue weighted by Crippen LogP contribution is 2.13. The number of aromatic nitrogens is 4. The molecule has 3 rings (SSSR count). The Bertz CT molecular complexity index is 726. The van der Waals surface area contributed by atoms with E-state index in [0.717, 1.165) is 11.0 Å². The summed E-state index contributed by atoms with van der Waals surface area (Å²) in [5, 5.41) is 4.12. The van der Waals surface area contributed by atoms with Gasteiger partial charge in [-0.15, -0.1) is 0 Å². The van der Waals surface area contributed by atoms with Crippen LogP contribution < -0.4 is 0 Å². The summed E-state index contributed by atoms with van der Waals surface area (Å²) in [6.45, 7) is 2.95. The van der Waals surface area contributed by atoms with Crippen molar-refractivity contribution in [3.63, 3.8) is 0 Å². The predicted molar refractivity (Wildman–Crippen MR) is 72.0 cm³/mol. The van der Waals surface area contributed by atoms with Crippen molar-refractivity contribution in [2.45, 2.75) is 20.0 Å². The molecule has 0 aliphatic heterocycles. The Morgan fingerprint density at radius 1 is 1.26 bits per heavy atom. The van der Waals surface area contributed by atoms with E-state index in [4.69, 9.17) is 0 Å². The Labute approximate surface area is 110 Å². The largest absolute Gasteiger partial charge is 0.323 e. The molecule has 0 saturated heterocycles. The lowest BCUT2D eigenvalue weighted by molar-refractivity contribution is 0.0963. The molecule has 0 spiro atoms. The van der Waals surface area contributed by atoms with Crippen molar-refractivity contribution in [2.24, 2.45) is 0 Å². The first-order valence-corrected chi connectivity index (χ1v) is 6.24. The fraction of sp³-hybridized carbons (Fsp3) is 0.214. The first kappa shape index (κ1) is 11.6. The number of rotatable bonds is 4. The number of hydrogen-bond acceptors (Lipinski definition) is 3. The number of hydrogen-bond donors (Lipinski definition) is 0. The highest BCUT2D eigenvalue weighted by molar-refractivity contribution is 5.95. The molecular formula is C14H14N4O. The van der Waals surface area contributed by atoms with Crippen LogP contribution in [-0.2, 0) is 13.1 Å². The van der Waals surface area contributed by atoms with Crippen LogP contribution in [0.25, 0.3) is 11.0 Å². The number of carbonyl (C=O) groups is 1. The Kier molecular flexibility index (Phi) is 2.87. The number of ketones is 1. The molecular weight excluding hydrogens is 240 g/mol. The molecule has 19 heavy (non-hydrogen) atoms. The zero-order chi connectivity index (χ0) is 13.2. The zero-order valence-electron chi connectivity index (χ0n) is 10.7. The van der Waals surface area contributed by atoms with E-state index >= 15 is 0 Å². The zero-order valence-corrected chi connectivity index (χ0v) is 10.7. The van der Waals surface area contributed by atoms with Gasteiger partial charge in [-0.25, -0.2) is 4.98 Å². The third kappa shape index (κ3) is 2.03. The van der Waals surface area contributed by atoms with E-state index in [0.29, 0.717) is 12.2 Å². The second kappa shape index (κ2) is 4.68. The van der Waals surface area contributed by atoms with Crippen LogP contribution in [0.2, 0.25) is 0 Å². The van der Waals surface area contributed by atoms with E-state index < -0.39 is 0 Å². The van der Waals surface area contributed by atoms with Gasteiger partial charge in [-0.1, -0.05) is 12.1 Å². The molecule has 5 nitrogen and oxygen atoms in total. The SMILES string of the molecule is CCn1nccc1C(=O)Cn1cnc2ccccc21. The molecule has 3 aromatic rings. The van der Waals surface area contributed by atoms with Crippen LogP contribution in [0.4, 0.5) is 0 Å². The van der Waals surface area contributed by atoms with Crippen molar-refractivity contribution in [2.75, 3.05) is 0 Å². The molecule has 0 fully saturated rings. The summed E-state index contributed by atoms with van der Waals surface area (Å²) in [5.74, 6) is 0.0440. The maximum Gasteiger partial charge on any atom is 0.200 e. The normalized spacial score (nSPS) is 11.0. The van der Waals surface area contributed by atoms with Crippen LogP contribution in [0.3, 0.4) is 0 Å². The summed E-state index contributed by atoms with van der Waals surface area (Å²) in [6, 6.07) is 9.54. The summed E-state index contributed by atoms with van der Waals surface area (Å²) in [4.78, 5) is 16.6. The average Bonchev–Trinajstić information content (AvgIpc) is 3.05. The number of Topliss-reactive ketones (excluding diaryl/α,β-unsaturated/α-hetero) is 1. The van der Waals surface area contributed by atoms with Crippen molar-refractivity contribution in [3.8, 4) is 0 Å². The summed E-state index contributed by atoms with van der Waals surface area (Å²) in [5.41, 5.74) is 2.51. The van der Waals surface area contributed by atoms with Gasteiger partial charge in [0.15, 0.2) is 0 Å². The molecule has 0 aliphatic carbocycles. The Morgan fingerprint density at radius 3 is 2.95 bits per heavy atom. The lowest BCUT2D eigenvalue weighted by atomic mass is 10.2. The molecule has 2 aromatic heterocycles. The number of carbonyl (C=O) groups excluding carboxylic acids is 1. The van der Waals surface area contributed by atoms with Gasteiger partial charge < -0.3 is 4.57 Å². The number of benzene rings is 1. The van der Waals surface area contributed by atoms with Crippen molar-refractivity contribution in [1.82, 2.24) is 19.3 Å². The minimum absolute atomic E-state index is 0.0440. The van der Waals surface area contributed by atoms with E-state index in [-0.39, 0.29) is 12.3 Å². The van der Waals surface area contributed by atoms with Gasteiger partial charge in [0, 0.05) is 12.7 Å². The number of para-hydroxylation sites is 2. The maximum atomic E-state index is 12.3. The fourth-order valence-electron chi connectivity index (χ4n) is 2.19. The van der Waals surface area contributed by atoms with Gasteiger partial charge in [0.1, 0.15) is 5.69 Å².